The molecule has 0 amide bonds. The van der Waals surface area contributed by atoms with Crippen LogP contribution in [0.3, 0.4) is 0 Å². The second-order valence-electron chi connectivity index (χ2n) is 5.63. The van der Waals surface area contributed by atoms with Gasteiger partial charge in [0.15, 0.2) is 9.84 Å². The van der Waals surface area contributed by atoms with Crippen molar-refractivity contribution in [1.29, 1.82) is 0 Å². The van der Waals surface area contributed by atoms with Gasteiger partial charge in [0.05, 0.1) is 28.3 Å². The third kappa shape index (κ3) is 4.20. The molecule has 2 aromatic carbocycles. The number of hydrogen-bond donors (Lipinski definition) is 0. The molecular formula is C19H16ClNO4S. The molecule has 0 atom stereocenters. The van der Waals surface area contributed by atoms with Crippen molar-refractivity contribution in [2.75, 3.05) is 12.4 Å². The maximum Gasteiger partial charge on any atom is 0.338 e. The Morgan fingerprint density at radius 2 is 1.73 bits per heavy atom. The third-order valence-electron chi connectivity index (χ3n) is 3.80. The van der Waals surface area contributed by atoms with Gasteiger partial charge in [-0.1, -0.05) is 48.0 Å². The van der Waals surface area contributed by atoms with Gasteiger partial charge >= 0.3 is 5.97 Å². The molecule has 3 rings (SSSR count). The quantitative estimate of drug-likeness (QED) is 0.363. The number of pyridine rings is 1. The van der Waals surface area contributed by atoms with Gasteiger partial charge in [-0.3, -0.25) is 0 Å². The SMILES string of the molecule is O=C(OCCCS(=O)(=O)c1ccccc1)c1cc(Cl)nc2ccccc12. The molecule has 0 aliphatic carbocycles. The molecular weight excluding hydrogens is 374 g/mol. The smallest absolute Gasteiger partial charge is 0.338 e. The van der Waals surface area contributed by atoms with Crippen LogP contribution < -0.4 is 0 Å². The maximum absolute atomic E-state index is 12.3. The first-order chi connectivity index (χ1) is 12.5. The molecule has 3 aromatic rings. The molecule has 0 saturated carbocycles. The molecule has 0 bridgehead atoms. The Morgan fingerprint density at radius 1 is 1.04 bits per heavy atom. The Bertz CT molecular complexity index is 1040. The number of benzene rings is 2. The van der Waals surface area contributed by atoms with Crippen molar-refractivity contribution in [2.24, 2.45) is 0 Å². The average molecular weight is 390 g/mol. The van der Waals surface area contributed by atoms with Crippen LogP contribution in [0.5, 0.6) is 0 Å². The van der Waals surface area contributed by atoms with E-state index in [1.54, 1.807) is 54.6 Å². The molecule has 0 aliphatic rings. The van der Waals surface area contributed by atoms with Gasteiger partial charge in [0.2, 0.25) is 0 Å². The molecule has 0 radical (unpaired) electrons. The Labute approximate surface area is 156 Å². The maximum atomic E-state index is 12.3. The zero-order chi connectivity index (χ0) is 18.6. The summed E-state index contributed by atoms with van der Waals surface area (Å²) in [6.45, 7) is -0.000828. The number of esters is 1. The Hall–Kier alpha value is -2.44. The first-order valence-corrected chi connectivity index (χ1v) is 10.0. The number of hydrogen-bond acceptors (Lipinski definition) is 5. The highest BCUT2D eigenvalue weighted by Crippen LogP contribution is 2.21. The van der Waals surface area contributed by atoms with Crippen LogP contribution in [-0.2, 0) is 14.6 Å². The molecule has 26 heavy (non-hydrogen) atoms. The van der Waals surface area contributed by atoms with Crippen molar-refractivity contribution < 1.29 is 17.9 Å². The molecule has 0 saturated heterocycles. The zero-order valence-electron chi connectivity index (χ0n) is 13.8. The summed E-state index contributed by atoms with van der Waals surface area (Å²) in [6.07, 6.45) is 0.208. The lowest BCUT2D eigenvalue weighted by atomic mass is 10.1. The van der Waals surface area contributed by atoms with Crippen molar-refractivity contribution >= 4 is 38.3 Å². The molecule has 7 heteroatoms. The monoisotopic (exact) mass is 389 g/mol. The number of ether oxygens (including phenoxy) is 1. The van der Waals surface area contributed by atoms with Crippen molar-refractivity contribution in [3.63, 3.8) is 0 Å². The summed E-state index contributed by atoms with van der Waals surface area (Å²) in [5, 5.41) is 0.834. The second kappa shape index (κ2) is 7.85. The number of fused-ring (bicyclic) bond motifs is 1. The molecule has 1 heterocycles. The standard InChI is InChI=1S/C19H16ClNO4S/c20-18-13-16(15-9-4-5-10-17(15)21-18)19(22)25-11-6-12-26(23,24)14-7-2-1-3-8-14/h1-5,7-10,13H,6,11-12H2. The van der Waals surface area contributed by atoms with Crippen LogP contribution >= 0.6 is 11.6 Å². The van der Waals surface area contributed by atoms with Crippen LogP contribution in [-0.4, -0.2) is 31.7 Å². The van der Waals surface area contributed by atoms with Crippen LogP contribution in [0.2, 0.25) is 5.15 Å². The third-order valence-corrected chi connectivity index (χ3v) is 5.81. The van der Waals surface area contributed by atoms with Crippen LogP contribution in [0.25, 0.3) is 10.9 Å². The number of nitrogens with zero attached hydrogens (tertiary/aromatic N) is 1. The van der Waals surface area contributed by atoms with Crippen LogP contribution in [0.4, 0.5) is 0 Å². The van der Waals surface area contributed by atoms with Crippen LogP contribution in [0, 0.1) is 0 Å². The van der Waals surface area contributed by atoms with Gasteiger partial charge in [-0.05, 0) is 30.7 Å². The molecule has 0 spiro atoms. The normalized spacial score (nSPS) is 11.4. The van der Waals surface area contributed by atoms with Gasteiger partial charge in [0, 0.05) is 5.39 Å². The van der Waals surface area contributed by atoms with E-state index in [4.69, 9.17) is 16.3 Å². The summed E-state index contributed by atoms with van der Waals surface area (Å²) in [5.41, 5.74) is 0.908. The Kier molecular flexibility index (Phi) is 5.54. The molecule has 0 unspecified atom stereocenters. The molecule has 134 valence electrons. The minimum absolute atomic E-state index is 0.000828. The van der Waals surface area contributed by atoms with Gasteiger partial charge in [-0.25, -0.2) is 18.2 Å². The van der Waals surface area contributed by atoms with Crippen molar-refractivity contribution in [3.05, 3.63) is 71.4 Å². The van der Waals surface area contributed by atoms with Crippen molar-refractivity contribution in [1.82, 2.24) is 4.98 Å². The molecule has 0 fully saturated rings. The van der Waals surface area contributed by atoms with Crippen molar-refractivity contribution in [2.45, 2.75) is 11.3 Å². The van der Waals surface area contributed by atoms with E-state index in [1.165, 1.54) is 6.07 Å². The van der Waals surface area contributed by atoms with Crippen molar-refractivity contribution in [3.8, 4) is 0 Å². The lowest BCUT2D eigenvalue weighted by Crippen LogP contribution is -2.12. The van der Waals surface area contributed by atoms with E-state index >= 15 is 0 Å². The number of carbonyl (C=O) groups excluding carboxylic acids is 1. The fraction of sp³-hybridized carbons (Fsp3) is 0.158. The number of halogens is 1. The number of aromatic nitrogens is 1. The summed E-state index contributed by atoms with van der Waals surface area (Å²) < 4.78 is 29.6. The van der Waals surface area contributed by atoms with Crippen LogP contribution in [0.1, 0.15) is 16.8 Å². The van der Waals surface area contributed by atoms with Gasteiger partial charge in [0.1, 0.15) is 5.15 Å². The average Bonchev–Trinajstić information content (AvgIpc) is 2.65. The van der Waals surface area contributed by atoms with Gasteiger partial charge in [-0.2, -0.15) is 0 Å². The van der Waals surface area contributed by atoms with E-state index in [9.17, 15) is 13.2 Å². The van der Waals surface area contributed by atoms with E-state index < -0.39 is 15.8 Å². The second-order valence-corrected chi connectivity index (χ2v) is 8.13. The summed E-state index contributed by atoms with van der Waals surface area (Å²) >= 11 is 5.96. The summed E-state index contributed by atoms with van der Waals surface area (Å²) in [7, 11) is -3.39. The predicted molar refractivity (Wildman–Crippen MR) is 100 cm³/mol. The minimum Gasteiger partial charge on any atom is -0.462 e. The van der Waals surface area contributed by atoms with E-state index in [-0.39, 0.29) is 28.8 Å². The largest absolute Gasteiger partial charge is 0.462 e. The lowest BCUT2D eigenvalue weighted by molar-refractivity contribution is 0.0508. The van der Waals surface area contributed by atoms with Gasteiger partial charge in [0.25, 0.3) is 0 Å². The minimum atomic E-state index is -3.39. The summed E-state index contributed by atoms with van der Waals surface area (Å²) in [5.74, 6) is -0.648. The topological polar surface area (TPSA) is 73.3 Å². The summed E-state index contributed by atoms with van der Waals surface area (Å²) in [6, 6.07) is 16.8. The van der Waals surface area contributed by atoms with Gasteiger partial charge < -0.3 is 4.74 Å². The van der Waals surface area contributed by atoms with E-state index in [1.807, 2.05) is 0 Å². The first-order valence-electron chi connectivity index (χ1n) is 7.97. The first kappa shape index (κ1) is 18.4. The van der Waals surface area contributed by atoms with Crippen LogP contribution in [0.15, 0.2) is 65.6 Å². The molecule has 0 aliphatic heterocycles. The van der Waals surface area contributed by atoms with E-state index in [0.29, 0.717) is 16.5 Å². The number of para-hydroxylation sites is 1. The van der Waals surface area contributed by atoms with E-state index in [2.05, 4.69) is 4.98 Å². The fourth-order valence-corrected chi connectivity index (χ4v) is 4.05. The molecule has 0 N–H and O–H groups in total. The molecule has 1 aromatic heterocycles. The number of sulfone groups is 1. The number of carbonyl (C=O) groups is 1. The zero-order valence-corrected chi connectivity index (χ0v) is 15.3. The lowest BCUT2D eigenvalue weighted by Gasteiger charge is -2.08. The van der Waals surface area contributed by atoms with E-state index in [0.717, 1.165) is 0 Å². The highest BCUT2D eigenvalue weighted by Gasteiger charge is 2.16. The predicted octanol–water partition coefficient (Wildman–Crippen LogP) is 3.91. The van der Waals surface area contributed by atoms with Gasteiger partial charge in [-0.15, -0.1) is 0 Å². The highest BCUT2D eigenvalue weighted by atomic mass is 35.5. The fourth-order valence-electron chi connectivity index (χ4n) is 2.55. The highest BCUT2D eigenvalue weighted by molar-refractivity contribution is 7.91. The Morgan fingerprint density at radius 3 is 2.50 bits per heavy atom. The summed E-state index contributed by atoms with van der Waals surface area (Å²) in [4.78, 5) is 16.8. The molecule has 5 nitrogen and oxygen atoms in total. The number of rotatable bonds is 6. The Balaban J connectivity index is 1.64.